The molecule has 0 bridgehead atoms. The van der Waals surface area contributed by atoms with Gasteiger partial charge in [0.05, 0.1) is 24.0 Å². The van der Waals surface area contributed by atoms with Crippen molar-refractivity contribution in [1.29, 1.82) is 0 Å². The summed E-state index contributed by atoms with van der Waals surface area (Å²) in [6.07, 6.45) is 1.70. The SMILES string of the molecule is CC1(C)CC(=O)C2=C(C1)Nc1cccc(CO)c1N(C=O)C2c1ccc(Cl)cc1Cl. The van der Waals surface area contributed by atoms with E-state index in [1.54, 1.807) is 24.3 Å². The molecule has 2 aliphatic rings. The van der Waals surface area contributed by atoms with E-state index in [4.69, 9.17) is 23.2 Å². The van der Waals surface area contributed by atoms with Crippen LogP contribution >= 0.6 is 23.2 Å². The molecule has 1 amide bonds. The van der Waals surface area contributed by atoms with Crippen LogP contribution in [0.25, 0.3) is 0 Å². The second-order valence-corrected chi connectivity index (χ2v) is 9.35. The predicted octanol–water partition coefficient (Wildman–Crippen LogP) is 5.26. The lowest BCUT2D eigenvalue weighted by Crippen LogP contribution is -2.36. The molecule has 4 rings (SSSR count). The maximum Gasteiger partial charge on any atom is 0.215 e. The minimum atomic E-state index is -0.729. The van der Waals surface area contributed by atoms with Gasteiger partial charge in [0.15, 0.2) is 5.78 Å². The van der Waals surface area contributed by atoms with E-state index in [1.165, 1.54) is 4.90 Å². The number of para-hydroxylation sites is 1. The number of fused-ring (bicyclic) bond motifs is 1. The zero-order valence-corrected chi connectivity index (χ0v) is 18.2. The van der Waals surface area contributed by atoms with Crippen LogP contribution in [0.3, 0.4) is 0 Å². The van der Waals surface area contributed by atoms with Gasteiger partial charge in [-0.1, -0.05) is 55.2 Å². The molecule has 7 heteroatoms. The summed E-state index contributed by atoms with van der Waals surface area (Å²) in [6.45, 7) is 3.85. The summed E-state index contributed by atoms with van der Waals surface area (Å²) in [5, 5.41) is 14.2. The van der Waals surface area contributed by atoms with Crippen LogP contribution in [0, 0.1) is 5.41 Å². The number of benzene rings is 2. The van der Waals surface area contributed by atoms with E-state index in [0.29, 0.717) is 57.4 Å². The first kappa shape index (κ1) is 20.9. The van der Waals surface area contributed by atoms with E-state index in [-0.39, 0.29) is 17.8 Å². The van der Waals surface area contributed by atoms with Gasteiger partial charge in [0.2, 0.25) is 6.41 Å². The van der Waals surface area contributed by atoms with Crippen LogP contribution in [0.5, 0.6) is 0 Å². The van der Waals surface area contributed by atoms with Crippen molar-refractivity contribution in [3.8, 4) is 0 Å². The van der Waals surface area contributed by atoms with E-state index in [9.17, 15) is 14.7 Å². The van der Waals surface area contributed by atoms with E-state index >= 15 is 0 Å². The first-order valence-corrected chi connectivity index (χ1v) is 10.5. The Morgan fingerprint density at radius 1 is 1.23 bits per heavy atom. The zero-order valence-electron chi connectivity index (χ0n) is 16.7. The number of halogens is 2. The summed E-state index contributed by atoms with van der Waals surface area (Å²) >= 11 is 12.6. The highest BCUT2D eigenvalue weighted by Crippen LogP contribution is 2.49. The number of aliphatic hydroxyl groups excluding tert-OH is 1. The summed E-state index contributed by atoms with van der Waals surface area (Å²) < 4.78 is 0. The molecule has 0 saturated heterocycles. The summed E-state index contributed by atoms with van der Waals surface area (Å²) in [6, 6.07) is 9.73. The van der Waals surface area contributed by atoms with Crippen LogP contribution in [-0.2, 0) is 16.2 Å². The minimum absolute atomic E-state index is 0.0324. The standard InChI is InChI=1S/C23H22Cl2N2O3/c1-23(2)9-18-20(19(30)10-23)22(15-7-6-14(24)8-16(15)25)27(12-29)21-13(11-28)4-3-5-17(21)26-18/h3-8,12,22,26,28H,9-11H2,1-2H3. The topological polar surface area (TPSA) is 69.6 Å². The Labute approximate surface area is 185 Å². The molecule has 0 radical (unpaired) electrons. The molecule has 1 heterocycles. The molecule has 2 N–H and O–H groups in total. The molecule has 0 fully saturated rings. The molecule has 1 aliphatic carbocycles. The second-order valence-electron chi connectivity index (χ2n) is 8.51. The van der Waals surface area contributed by atoms with Gasteiger partial charge in [0, 0.05) is 33.3 Å². The molecule has 5 nitrogen and oxygen atoms in total. The number of nitrogens with zero attached hydrogens (tertiary/aromatic N) is 1. The van der Waals surface area contributed by atoms with E-state index in [0.717, 1.165) is 5.70 Å². The first-order chi connectivity index (χ1) is 14.3. The molecule has 0 aromatic heterocycles. The quantitative estimate of drug-likeness (QED) is 0.633. The molecule has 1 unspecified atom stereocenters. The molecule has 156 valence electrons. The summed E-state index contributed by atoms with van der Waals surface area (Å²) in [4.78, 5) is 27.3. The predicted molar refractivity (Wildman–Crippen MR) is 119 cm³/mol. The number of rotatable bonds is 3. The van der Waals surface area contributed by atoms with Crippen LogP contribution < -0.4 is 10.2 Å². The van der Waals surface area contributed by atoms with Crippen molar-refractivity contribution < 1.29 is 14.7 Å². The van der Waals surface area contributed by atoms with E-state index in [1.807, 2.05) is 26.0 Å². The Kier molecular flexibility index (Phi) is 5.39. The molecule has 0 spiro atoms. The Morgan fingerprint density at radius 2 is 2.00 bits per heavy atom. The first-order valence-electron chi connectivity index (χ1n) is 9.70. The molecular formula is C23H22Cl2N2O3. The highest BCUT2D eigenvalue weighted by Gasteiger charge is 2.42. The summed E-state index contributed by atoms with van der Waals surface area (Å²) in [5.74, 6) is -0.0324. The lowest BCUT2D eigenvalue weighted by molar-refractivity contribution is -0.118. The lowest BCUT2D eigenvalue weighted by atomic mass is 9.73. The van der Waals surface area contributed by atoms with Gasteiger partial charge >= 0.3 is 0 Å². The molecule has 2 aromatic rings. The van der Waals surface area contributed by atoms with Crippen molar-refractivity contribution >= 4 is 46.8 Å². The number of nitrogens with one attached hydrogen (secondary N) is 1. The van der Waals surface area contributed by atoms with Crippen molar-refractivity contribution in [2.75, 3.05) is 10.2 Å². The molecular weight excluding hydrogens is 423 g/mol. The second kappa shape index (κ2) is 7.73. The van der Waals surface area contributed by atoms with Gasteiger partial charge in [0.1, 0.15) is 0 Å². The number of carbonyl (C=O) groups excluding carboxylic acids is 2. The average Bonchev–Trinajstić information content (AvgIpc) is 2.80. The zero-order chi connectivity index (χ0) is 21.6. The fourth-order valence-electron chi connectivity index (χ4n) is 4.46. The summed E-state index contributed by atoms with van der Waals surface area (Å²) in [5.41, 5.74) is 3.45. The fraction of sp³-hybridized carbons (Fsp3) is 0.304. The van der Waals surface area contributed by atoms with Crippen molar-refractivity contribution in [2.45, 2.75) is 39.3 Å². The number of carbonyl (C=O) groups is 2. The third-order valence-corrected chi connectivity index (χ3v) is 6.24. The lowest BCUT2D eigenvalue weighted by Gasteiger charge is -2.36. The molecule has 1 aliphatic heterocycles. The number of hydrogen-bond donors (Lipinski definition) is 2. The van der Waals surface area contributed by atoms with Crippen LogP contribution in [0.4, 0.5) is 11.4 Å². The summed E-state index contributed by atoms with van der Waals surface area (Å²) in [7, 11) is 0. The maximum atomic E-state index is 13.4. The molecule has 2 aromatic carbocycles. The largest absolute Gasteiger partial charge is 0.392 e. The van der Waals surface area contributed by atoms with Crippen molar-refractivity contribution in [2.24, 2.45) is 5.41 Å². The van der Waals surface area contributed by atoms with Crippen LogP contribution in [0.2, 0.25) is 10.0 Å². The average molecular weight is 445 g/mol. The smallest absolute Gasteiger partial charge is 0.215 e. The molecule has 1 atom stereocenters. The number of Topliss-reactive ketones (excluding diaryl/α,β-unsaturated/α-hetero) is 1. The number of aliphatic hydroxyl groups is 1. The number of amides is 1. The third-order valence-electron chi connectivity index (χ3n) is 5.68. The number of allylic oxidation sites excluding steroid dienone is 1. The number of ketones is 1. The van der Waals surface area contributed by atoms with E-state index in [2.05, 4.69) is 5.32 Å². The van der Waals surface area contributed by atoms with Crippen LogP contribution in [0.1, 0.15) is 43.9 Å². The Hall–Kier alpha value is -2.34. The normalized spacial score (nSPS) is 20.2. The number of anilines is 2. The van der Waals surface area contributed by atoms with Crippen molar-refractivity contribution in [1.82, 2.24) is 0 Å². The maximum absolute atomic E-state index is 13.4. The van der Waals surface area contributed by atoms with Gasteiger partial charge in [0.25, 0.3) is 0 Å². The van der Waals surface area contributed by atoms with E-state index < -0.39 is 6.04 Å². The Balaban J connectivity index is 2.04. The molecule has 30 heavy (non-hydrogen) atoms. The third kappa shape index (κ3) is 3.51. The molecule has 0 saturated carbocycles. The van der Waals surface area contributed by atoms with Gasteiger partial charge in [-0.2, -0.15) is 0 Å². The van der Waals surface area contributed by atoms with Crippen molar-refractivity contribution in [3.05, 3.63) is 68.8 Å². The van der Waals surface area contributed by atoms with Gasteiger partial charge in [-0.25, -0.2) is 0 Å². The van der Waals surface area contributed by atoms with Crippen LogP contribution in [-0.4, -0.2) is 17.3 Å². The van der Waals surface area contributed by atoms with Gasteiger partial charge in [-0.15, -0.1) is 0 Å². The van der Waals surface area contributed by atoms with Crippen LogP contribution in [0.15, 0.2) is 47.7 Å². The van der Waals surface area contributed by atoms with Crippen molar-refractivity contribution in [3.63, 3.8) is 0 Å². The van der Waals surface area contributed by atoms with Gasteiger partial charge in [-0.3, -0.25) is 9.59 Å². The number of hydrogen-bond acceptors (Lipinski definition) is 4. The van der Waals surface area contributed by atoms with Gasteiger partial charge in [-0.05, 0) is 35.6 Å². The monoisotopic (exact) mass is 444 g/mol. The highest BCUT2D eigenvalue weighted by atomic mass is 35.5. The van der Waals surface area contributed by atoms with Gasteiger partial charge < -0.3 is 15.3 Å². The fourth-order valence-corrected chi connectivity index (χ4v) is 4.97. The highest BCUT2D eigenvalue weighted by molar-refractivity contribution is 6.35. The Bertz CT molecular complexity index is 1080. The Morgan fingerprint density at radius 3 is 2.67 bits per heavy atom. The minimum Gasteiger partial charge on any atom is -0.392 e.